The fraction of sp³-hybridized carbons (Fsp3) is 0.556. The normalized spacial score (nSPS) is 13.6. The van der Waals surface area contributed by atoms with Crippen LogP contribution in [0.4, 0.5) is 13.2 Å². The summed E-state index contributed by atoms with van der Waals surface area (Å²) >= 11 is 0. The van der Waals surface area contributed by atoms with E-state index in [9.17, 15) is 22.8 Å². The molecule has 0 aliphatic rings. The van der Waals surface area contributed by atoms with Gasteiger partial charge in [-0.3, -0.25) is 4.79 Å². The number of rotatable bonds is 4. The molecule has 0 saturated heterocycles. The van der Waals surface area contributed by atoms with Crippen LogP contribution >= 0.6 is 0 Å². The lowest BCUT2D eigenvalue weighted by Gasteiger charge is -2.11. The average molecular weight is 239 g/mol. The minimum absolute atomic E-state index is 0.173. The van der Waals surface area contributed by atoms with Crippen molar-refractivity contribution in [3.05, 3.63) is 12.2 Å². The first kappa shape index (κ1) is 14.5. The molecule has 1 amide bonds. The Bertz CT molecular complexity index is 286. The zero-order valence-corrected chi connectivity index (χ0v) is 8.80. The molecule has 0 spiro atoms. The van der Waals surface area contributed by atoms with E-state index in [4.69, 9.17) is 0 Å². The summed E-state index contributed by atoms with van der Waals surface area (Å²) in [5, 5.41) is 1.66. The van der Waals surface area contributed by atoms with Gasteiger partial charge in [0, 0.05) is 12.1 Å². The molecule has 0 heterocycles. The standard InChI is InChI=1S/C9H12F3NO3/c1-3-16-7(14)5-4-6(2)13-8(15)9(10,11)12/h4-6H,3H2,1-2H3,(H,13,15)/b5-4+/t6-/m0/s1. The number of nitrogens with one attached hydrogen (secondary N) is 1. The van der Waals surface area contributed by atoms with Crippen molar-refractivity contribution in [1.82, 2.24) is 5.32 Å². The first-order valence-corrected chi connectivity index (χ1v) is 4.50. The molecule has 0 unspecified atom stereocenters. The first-order chi connectivity index (χ1) is 7.27. The summed E-state index contributed by atoms with van der Waals surface area (Å²) in [7, 11) is 0. The largest absolute Gasteiger partial charge is 0.471 e. The Hall–Kier alpha value is -1.53. The van der Waals surface area contributed by atoms with E-state index >= 15 is 0 Å². The fourth-order valence-electron chi connectivity index (χ4n) is 0.750. The summed E-state index contributed by atoms with van der Waals surface area (Å²) in [6.07, 6.45) is -2.85. The second kappa shape index (κ2) is 6.14. The van der Waals surface area contributed by atoms with Crippen LogP contribution < -0.4 is 5.32 Å². The van der Waals surface area contributed by atoms with Gasteiger partial charge in [-0.05, 0) is 13.8 Å². The quantitative estimate of drug-likeness (QED) is 0.592. The van der Waals surface area contributed by atoms with Crippen molar-refractivity contribution >= 4 is 11.9 Å². The number of carbonyl (C=O) groups is 2. The molecule has 92 valence electrons. The van der Waals surface area contributed by atoms with Gasteiger partial charge in [-0.15, -0.1) is 0 Å². The molecular formula is C9H12F3NO3. The van der Waals surface area contributed by atoms with E-state index in [-0.39, 0.29) is 6.61 Å². The number of ether oxygens (including phenoxy) is 1. The first-order valence-electron chi connectivity index (χ1n) is 4.50. The Morgan fingerprint density at radius 1 is 1.44 bits per heavy atom. The molecule has 0 bridgehead atoms. The topological polar surface area (TPSA) is 55.4 Å². The molecule has 0 radical (unpaired) electrons. The predicted molar refractivity (Wildman–Crippen MR) is 49.4 cm³/mol. The van der Waals surface area contributed by atoms with Crippen LogP contribution in [-0.4, -0.2) is 30.7 Å². The molecule has 16 heavy (non-hydrogen) atoms. The van der Waals surface area contributed by atoms with Crippen molar-refractivity contribution in [3.8, 4) is 0 Å². The molecule has 1 N–H and O–H groups in total. The van der Waals surface area contributed by atoms with Crippen molar-refractivity contribution in [2.75, 3.05) is 6.61 Å². The Morgan fingerprint density at radius 3 is 2.44 bits per heavy atom. The summed E-state index contributed by atoms with van der Waals surface area (Å²) in [4.78, 5) is 21.2. The lowest BCUT2D eigenvalue weighted by atomic mass is 10.3. The maximum absolute atomic E-state index is 11.8. The van der Waals surface area contributed by atoms with Gasteiger partial charge in [0.25, 0.3) is 0 Å². The van der Waals surface area contributed by atoms with E-state index in [1.807, 2.05) is 0 Å². The second-order valence-corrected chi connectivity index (χ2v) is 2.87. The highest BCUT2D eigenvalue weighted by atomic mass is 19.4. The van der Waals surface area contributed by atoms with Crippen molar-refractivity contribution < 1.29 is 27.5 Å². The van der Waals surface area contributed by atoms with Crippen LogP contribution in [-0.2, 0) is 14.3 Å². The molecule has 7 heteroatoms. The van der Waals surface area contributed by atoms with Gasteiger partial charge in [0.1, 0.15) is 0 Å². The Labute approximate surface area is 90.5 Å². The predicted octanol–water partition coefficient (Wildman–Crippen LogP) is 1.17. The van der Waals surface area contributed by atoms with E-state index in [1.54, 1.807) is 12.2 Å². The lowest BCUT2D eigenvalue weighted by Crippen LogP contribution is -2.41. The van der Waals surface area contributed by atoms with Gasteiger partial charge in [0.15, 0.2) is 0 Å². The van der Waals surface area contributed by atoms with Gasteiger partial charge in [-0.1, -0.05) is 6.08 Å². The molecule has 0 aromatic rings. The summed E-state index contributed by atoms with van der Waals surface area (Å²) in [6, 6.07) is -0.904. The molecule has 0 aromatic carbocycles. The van der Waals surface area contributed by atoms with Gasteiger partial charge >= 0.3 is 18.1 Å². The number of alkyl halides is 3. The summed E-state index contributed by atoms with van der Waals surface area (Å²) in [5.74, 6) is -2.72. The Morgan fingerprint density at radius 2 is 2.00 bits per heavy atom. The van der Waals surface area contributed by atoms with Crippen LogP contribution in [0.2, 0.25) is 0 Å². The highest BCUT2D eigenvalue weighted by Crippen LogP contribution is 2.14. The molecular weight excluding hydrogens is 227 g/mol. The van der Waals surface area contributed by atoms with Crippen LogP contribution in [0.15, 0.2) is 12.2 Å². The van der Waals surface area contributed by atoms with Gasteiger partial charge in [0.05, 0.1) is 6.61 Å². The molecule has 4 nitrogen and oxygen atoms in total. The minimum atomic E-state index is -4.92. The van der Waals surface area contributed by atoms with Crippen LogP contribution in [0.25, 0.3) is 0 Å². The molecule has 0 saturated carbocycles. The number of hydrogen-bond acceptors (Lipinski definition) is 3. The van der Waals surface area contributed by atoms with E-state index < -0.39 is 24.1 Å². The summed E-state index contributed by atoms with van der Waals surface area (Å²) in [5.41, 5.74) is 0. The summed E-state index contributed by atoms with van der Waals surface area (Å²) < 4.78 is 39.9. The maximum atomic E-state index is 11.8. The Kier molecular flexibility index (Phi) is 5.55. The van der Waals surface area contributed by atoms with Crippen LogP contribution in [0.3, 0.4) is 0 Å². The monoisotopic (exact) mass is 239 g/mol. The number of esters is 1. The smallest absolute Gasteiger partial charge is 0.463 e. The molecule has 0 fully saturated rings. The average Bonchev–Trinajstić information content (AvgIpc) is 2.13. The van der Waals surface area contributed by atoms with E-state index in [1.165, 1.54) is 6.92 Å². The molecule has 0 rings (SSSR count). The highest BCUT2D eigenvalue weighted by Gasteiger charge is 2.38. The van der Waals surface area contributed by atoms with Crippen LogP contribution in [0.1, 0.15) is 13.8 Å². The molecule has 0 aromatic heterocycles. The molecule has 0 aliphatic heterocycles. The zero-order valence-electron chi connectivity index (χ0n) is 8.80. The van der Waals surface area contributed by atoms with Crippen molar-refractivity contribution in [2.24, 2.45) is 0 Å². The minimum Gasteiger partial charge on any atom is -0.463 e. The fourth-order valence-corrected chi connectivity index (χ4v) is 0.750. The third kappa shape index (κ3) is 6.05. The van der Waals surface area contributed by atoms with E-state index in [2.05, 4.69) is 4.74 Å². The lowest BCUT2D eigenvalue weighted by molar-refractivity contribution is -0.173. The molecule has 0 aliphatic carbocycles. The van der Waals surface area contributed by atoms with Crippen molar-refractivity contribution in [2.45, 2.75) is 26.1 Å². The number of halogens is 3. The summed E-state index contributed by atoms with van der Waals surface area (Å²) in [6.45, 7) is 3.08. The Balaban J connectivity index is 4.14. The maximum Gasteiger partial charge on any atom is 0.471 e. The number of carbonyl (C=O) groups excluding carboxylic acids is 2. The third-order valence-electron chi connectivity index (χ3n) is 1.42. The van der Waals surface area contributed by atoms with Gasteiger partial charge in [-0.25, -0.2) is 4.79 Å². The van der Waals surface area contributed by atoms with Gasteiger partial charge in [-0.2, -0.15) is 13.2 Å². The van der Waals surface area contributed by atoms with E-state index in [0.29, 0.717) is 0 Å². The number of amides is 1. The van der Waals surface area contributed by atoms with Crippen LogP contribution in [0, 0.1) is 0 Å². The molecule has 1 atom stereocenters. The van der Waals surface area contributed by atoms with E-state index in [0.717, 1.165) is 12.2 Å². The van der Waals surface area contributed by atoms with Crippen LogP contribution in [0.5, 0.6) is 0 Å². The third-order valence-corrected chi connectivity index (χ3v) is 1.42. The second-order valence-electron chi connectivity index (χ2n) is 2.87. The van der Waals surface area contributed by atoms with Gasteiger partial charge < -0.3 is 10.1 Å². The number of hydrogen-bond donors (Lipinski definition) is 1. The van der Waals surface area contributed by atoms with Crippen molar-refractivity contribution in [1.29, 1.82) is 0 Å². The van der Waals surface area contributed by atoms with Crippen molar-refractivity contribution in [3.63, 3.8) is 0 Å². The highest BCUT2D eigenvalue weighted by molar-refractivity contribution is 5.83. The zero-order chi connectivity index (χ0) is 12.8. The SMILES string of the molecule is CCOC(=O)/C=C/[C@H](C)NC(=O)C(F)(F)F. The van der Waals surface area contributed by atoms with Gasteiger partial charge in [0.2, 0.25) is 0 Å².